The summed E-state index contributed by atoms with van der Waals surface area (Å²) in [6, 6.07) is 3.63. The van der Waals surface area contributed by atoms with Gasteiger partial charge in [0.2, 0.25) is 0 Å². The van der Waals surface area contributed by atoms with Crippen LogP contribution < -0.4 is 0 Å². The van der Waals surface area contributed by atoms with Crippen molar-refractivity contribution in [1.82, 2.24) is 4.90 Å². The quantitative estimate of drug-likeness (QED) is 0.787. The Morgan fingerprint density at radius 3 is 3.06 bits per heavy atom. The highest BCUT2D eigenvalue weighted by atomic mass is 32.1. The third kappa shape index (κ3) is 3.46. The van der Waals surface area contributed by atoms with Crippen LogP contribution in [0.5, 0.6) is 0 Å². The van der Waals surface area contributed by atoms with E-state index in [0.717, 1.165) is 4.88 Å². The zero-order valence-electron chi connectivity index (χ0n) is 11.9. The van der Waals surface area contributed by atoms with Crippen LogP contribution in [0.1, 0.15) is 33.1 Å². The lowest BCUT2D eigenvalue weighted by Crippen LogP contribution is -2.44. The van der Waals surface area contributed by atoms with E-state index in [4.69, 9.17) is 10.8 Å². The number of hydrogen-bond acceptors (Lipinski definition) is 4. The maximum atomic E-state index is 12.0. The van der Waals surface area contributed by atoms with Crippen molar-refractivity contribution in [2.24, 2.45) is 0 Å². The number of hydrogen-bond donors (Lipinski definition) is 0. The molecule has 0 spiro atoms. The number of rotatable bonds is 1. The summed E-state index contributed by atoms with van der Waals surface area (Å²) in [5, 5.41) is 0.507. The molecule has 100 valence electrons. The second-order valence-electron chi connectivity index (χ2n) is 5.24. The number of thiophene rings is 1. The van der Waals surface area contributed by atoms with E-state index >= 15 is 0 Å². The first-order valence-electron chi connectivity index (χ1n) is 6.51. The van der Waals surface area contributed by atoms with E-state index in [-0.39, 0.29) is 12.2 Å². The van der Waals surface area contributed by atoms with Gasteiger partial charge in [-0.05, 0) is 32.2 Å². The number of carbonyl (C=O) groups excluding carboxylic acids is 1. The predicted octanol–water partition coefficient (Wildman–Crippen LogP) is 3.06. The number of morpholine rings is 1. The van der Waals surface area contributed by atoms with E-state index in [0.29, 0.717) is 25.1 Å². The van der Waals surface area contributed by atoms with Crippen molar-refractivity contribution in [3.63, 3.8) is 0 Å². The smallest absolute Gasteiger partial charge is 0.410 e. The van der Waals surface area contributed by atoms with Crippen molar-refractivity contribution >= 4 is 17.4 Å². The fraction of sp³-hybridized carbons (Fsp3) is 0.615. The SMILES string of the molecule is [2H]c1ccc(C2CN(C(=O)OC(C)(C)C)CCO2)s1. The lowest BCUT2D eigenvalue weighted by molar-refractivity contribution is -0.0420. The second kappa shape index (κ2) is 5.28. The third-order valence-electron chi connectivity index (χ3n) is 2.53. The number of ether oxygens (including phenoxy) is 2. The highest BCUT2D eigenvalue weighted by Gasteiger charge is 2.29. The Labute approximate surface area is 113 Å². The van der Waals surface area contributed by atoms with Crippen molar-refractivity contribution in [3.8, 4) is 0 Å². The summed E-state index contributed by atoms with van der Waals surface area (Å²) in [5.41, 5.74) is -0.484. The van der Waals surface area contributed by atoms with Gasteiger partial charge in [0, 0.05) is 11.4 Å². The summed E-state index contributed by atoms with van der Waals surface area (Å²) < 4.78 is 18.6. The first-order chi connectivity index (χ1) is 8.85. The minimum atomic E-state index is -0.484. The molecule has 0 radical (unpaired) electrons. The van der Waals surface area contributed by atoms with Crippen LogP contribution in [0.15, 0.2) is 17.5 Å². The maximum absolute atomic E-state index is 12.0. The van der Waals surface area contributed by atoms with Gasteiger partial charge in [0.25, 0.3) is 0 Å². The molecule has 0 N–H and O–H groups in total. The fourth-order valence-electron chi connectivity index (χ4n) is 1.74. The van der Waals surface area contributed by atoms with E-state index in [1.54, 1.807) is 11.0 Å². The van der Waals surface area contributed by atoms with Crippen molar-refractivity contribution in [3.05, 3.63) is 22.4 Å². The van der Waals surface area contributed by atoms with Crippen LogP contribution in [0, 0.1) is 0 Å². The minimum Gasteiger partial charge on any atom is -0.444 e. The molecule has 1 aliphatic heterocycles. The molecule has 1 saturated heterocycles. The molecule has 0 aliphatic carbocycles. The maximum Gasteiger partial charge on any atom is 0.410 e. The molecule has 0 bridgehead atoms. The molecule has 2 rings (SSSR count). The summed E-state index contributed by atoms with van der Waals surface area (Å²) in [6.45, 7) is 7.09. The van der Waals surface area contributed by atoms with Crippen LogP contribution in [-0.2, 0) is 9.47 Å². The van der Waals surface area contributed by atoms with Crippen molar-refractivity contribution < 1.29 is 15.6 Å². The first-order valence-corrected chi connectivity index (χ1v) is 6.83. The van der Waals surface area contributed by atoms with E-state index in [2.05, 4.69) is 0 Å². The van der Waals surface area contributed by atoms with Crippen LogP contribution in [-0.4, -0.2) is 36.3 Å². The molecule has 18 heavy (non-hydrogen) atoms. The Hall–Kier alpha value is -1.07. The fourth-order valence-corrected chi connectivity index (χ4v) is 2.42. The van der Waals surface area contributed by atoms with Crippen LogP contribution in [0.4, 0.5) is 4.79 Å². The summed E-state index contributed by atoms with van der Waals surface area (Å²) in [6.07, 6.45) is -0.450. The number of nitrogens with zero attached hydrogens (tertiary/aromatic N) is 1. The molecule has 1 atom stereocenters. The predicted molar refractivity (Wildman–Crippen MR) is 70.8 cm³/mol. The van der Waals surface area contributed by atoms with Crippen LogP contribution >= 0.6 is 11.3 Å². The van der Waals surface area contributed by atoms with Crippen LogP contribution in [0.25, 0.3) is 0 Å². The zero-order chi connectivity index (χ0) is 14.0. The summed E-state index contributed by atoms with van der Waals surface area (Å²) in [7, 11) is 0. The van der Waals surface area contributed by atoms with Gasteiger partial charge in [-0.3, -0.25) is 0 Å². The largest absolute Gasteiger partial charge is 0.444 e. The molecule has 1 aliphatic rings. The van der Waals surface area contributed by atoms with Crippen molar-refractivity contribution in [1.29, 1.82) is 0 Å². The van der Waals surface area contributed by atoms with E-state index in [9.17, 15) is 4.79 Å². The lowest BCUT2D eigenvalue weighted by Gasteiger charge is -2.33. The van der Waals surface area contributed by atoms with Crippen LogP contribution in [0.2, 0.25) is 0 Å². The molecule has 5 heteroatoms. The third-order valence-corrected chi connectivity index (χ3v) is 3.42. The molecule has 1 amide bonds. The van der Waals surface area contributed by atoms with Crippen LogP contribution in [0.3, 0.4) is 0 Å². The second-order valence-corrected chi connectivity index (χ2v) is 6.15. The van der Waals surface area contributed by atoms with E-state index < -0.39 is 5.60 Å². The summed E-state index contributed by atoms with van der Waals surface area (Å²) in [4.78, 5) is 14.7. The topological polar surface area (TPSA) is 38.8 Å². The molecular weight excluding hydrogens is 250 g/mol. The number of carbonyl (C=O) groups is 1. The van der Waals surface area contributed by atoms with Gasteiger partial charge in [-0.1, -0.05) is 6.07 Å². The number of amides is 1. The Morgan fingerprint density at radius 2 is 2.44 bits per heavy atom. The van der Waals surface area contributed by atoms with Gasteiger partial charge in [-0.2, -0.15) is 0 Å². The zero-order valence-corrected chi connectivity index (χ0v) is 11.8. The Balaban J connectivity index is 1.99. The van der Waals surface area contributed by atoms with Gasteiger partial charge in [-0.25, -0.2) is 4.79 Å². The Kier molecular flexibility index (Phi) is 3.52. The monoisotopic (exact) mass is 270 g/mol. The molecule has 1 aromatic heterocycles. The highest BCUT2D eigenvalue weighted by Crippen LogP contribution is 2.26. The Bertz CT molecular complexity index is 455. The first kappa shape index (κ1) is 12.0. The van der Waals surface area contributed by atoms with Gasteiger partial charge in [0.15, 0.2) is 0 Å². The normalized spacial score (nSPS) is 21.6. The van der Waals surface area contributed by atoms with Gasteiger partial charge in [0.05, 0.1) is 14.5 Å². The standard InChI is InChI=1S/C13H19NO3S/c1-13(2,3)17-12(15)14-6-7-16-10(9-14)11-5-4-8-18-11/h4-5,8,10H,6-7,9H2,1-3H3/i8D. The van der Waals surface area contributed by atoms with Gasteiger partial charge in [0.1, 0.15) is 11.7 Å². The van der Waals surface area contributed by atoms with E-state index in [1.807, 2.05) is 26.8 Å². The molecule has 2 heterocycles. The average Bonchev–Trinajstić information content (AvgIpc) is 2.74. The molecule has 1 fully saturated rings. The Morgan fingerprint density at radius 1 is 1.67 bits per heavy atom. The van der Waals surface area contributed by atoms with Crippen molar-refractivity contribution in [2.45, 2.75) is 32.5 Å². The molecule has 1 aromatic rings. The van der Waals surface area contributed by atoms with Gasteiger partial charge >= 0.3 is 6.09 Å². The molecular formula is C13H19NO3S. The summed E-state index contributed by atoms with van der Waals surface area (Å²) in [5.74, 6) is 0. The highest BCUT2D eigenvalue weighted by molar-refractivity contribution is 7.10. The lowest BCUT2D eigenvalue weighted by atomic mass is 10.2. The summed E-state index contributed by atoms with van der Waals surface area (Å²) >= 11 is 1.38. The molecule has 4 nitrogen and oxygen atoms in total. The molecule has 0 saturated carbocycles. The van der Waals surface area contributed by atoms with Gasteiger partial charge < -0.3 is 14.4 Å². The van der Waals surface area contributed by atoms with Crippen molar-refractivity contribution in [2.75, 3.05) is 19.7 Å². The molecule has 0 aromatic carbocycles. The minimum absolute atomic E-state index is 0.148. The molecule has 1 unspecified atom stereocenters. The van der Waals surface area contributed by atoms with E-state index in [1.165, 1.54) is 11.3 Å². The average molecular weight is 270 g/mol. The van der Waals surface area contributed by atoms with Gasteiger partial charge in [-0.15, -0.1) is 11.3 Å².